The highest BCUT2D eigenvalue weighted by Crippen LogP contribution is 2.16. The van der Waals surface area contributed by atoms with Crippen molar-refractivity contribution in [3.8, 4) is 0 Å². The molecule has 28 heavy (non-hydrogen) atoms. The number of aromatic amines is 3. The highest BCUT2D eigenvalue weighted by atomic mass is 16.2. The average molecular weight is 377 g/mol. The summed E-state index contributed by atoms with van der Waals surface area (Å²) in [6.07, 6.45) is 1.77. The lowest BCUT2D eigenvalue weighted by molar-refractivity contribution is -0.115. The van der Waals surface area contributed by atoms with Crippen LogP contribution in [0.2, 0.25) is 0 Å². The fourth-order valence-corrected chi connectivity index (χ4v) is 2.98. The third kappa shape index (κ3) is 3.16. The number of H-pyrrole nitrogens is 3. The van der Waals surface area contributed by atoms with Crippen LogP contribution in [0.4, 0.5) is 5.69 Å². The average Bonchev–Trinajstić information content (AvgIpc) is 3.17. The van der Waals surface area contributed by atoms with Gasteiger partial charge in [0.1, 0.15) is 0 Å². The van der Waals surface area contributed by atoms with Crippen LogP contribution < -0.4 is 21.8 Å². The van der Waals surface area contributed by atoms with Crippen molar-refractivity contribution in [3.63, 3.8) is 0 Å². The number of amides is 2. The van der Waals surface area contributed by atoms with E-state index in [1.54, 1.807) is 30.5 Å². The van der Waals surface area contributed by atoms with Crippen molar-refractivity contribution in [2.45, 2.75) is 0 Å². The molecule has 9 nitrogen and oxygen atoms in total. The lowest BCUT2D eigenvalue weighted by Gasteiger charge is -2.09. The van der Waals surface area contributed by atoms with Crippen molar-refractivity contribution in [2.75, 3.05) is 11.9 Å². The van der Waals surface area contributed by atoms with Gasteiger partial charge in [0.15, 0.2) is 0 Å². The van der Waals surface area contributed by atoms with Gasteiger partial charge in [0.25, 0.3) is 17.0 Å². The smallest absolute Gasteiger partial charge is 0.272 e. The van der Waals surface area contributed by atoms with Crippen molar-refractivity contribution < 1.29 is 9.59 Å². The second-order valence-corrected chi connectivity index (χ2v) is 6.15. The fraction of sp³-hybridized carbons (Fsp3) is 0.0526. The second-order valence-electron chi connectivity index (χ2n) is 6.15. The van der Waals surface area contributed by atoms with Crippen LogP contribution in [0.15, 0.2) is 58.3 Å². The third-order valence-electron chi connectivity index (χ3n) is 4.33. The van der Waals surface area contributed by atoms with E-state index < -0.39 is 22.9 Å². The van der Waals surface area contributed by atoms with Gasteiger partial charge in [0, 0.05) is 17.3 Å². The summed E-state index contributed by atoms with van der Waals surface area (Å²) in [5.41, 5.74) is 0.414. The standard InChI is InChI=1S/C19H15N5O4/c25-15(9-21-17(26)11-5-4-10-6-7-20-14(10)8-11)22-13-3-1-2-12-16(13)19(28)24-23-18(12)27/h1-8,20H,9H2,(H,21,26)(H,22,25)(H,23,27)(H,24,28). The molecule has 0 radical (unpaired) electrons. The highest BCUT2D eigenvalue weighted by Gasteiger charge is 2.13. The molecule has 2 aromatic heterocycles. The molecule has 4 aromatic rings. The molecule has 0 aliphatic rings. The van der Waals surface area contributed by atoms with E-state index in [1.807, 2.05) is 6.07 Å². The molecule has 2 amide bonds. The summed E-state index contributed by atoms with van der Waals surface area (Å²) in [5.74, 6) is -0.930. The van der Waals surface area contributed by atoms with Gasteiger partial charge in [0.05, 0.1) is 23.0 Å². The maximum absolute atomic E-state index is 12.3. The van der Waals surface area contributed by atoms with Crippen molar-refractivity contribution in [1.82, 2.24) is 20.5 Å². The van der Waals surface area contributed by atoms with Gasteiger partial charge in [-0.1, -0.05) is 12.1 Å². The lowest BCUT2D eigenvalue weighted by Crippen LogP contribution is -2.33. The maximum Gasteiger partial charge on any atom is 0.272 e. The Morgan fingerprint density at radius 3 is 2.64 bits per heavy atom. The van der Waals surface area contributed by atoms with Crippen LogP contribution in [-0.4, -0.2) is 33.5 Å². The van der Waals surface area contributed by atoms with E-state index in [0.717, 1.165) is 10.9 Å². The Balaban J connectivity index is 1.48. The molecule has 0 saturated carbocycles. The number of benzene rings is 2. The van der Waals surface area contributed by atoms with Crippen LogP contribution in [0.25, 0.3) is 21.7 Å². The van der Waals surface area contributed by atoms with E-state index >= 15 is 0 Å². The molecule has 0 aliphatic heterocycles. The van der Waals surface area contributed by atoms with Gasteiger partial charge in [0.2, 0.25) is 5.91 Å². The summed E-state index contributed by atoms with van der Waals surface area (Å²) in [6.45, 7) is -0.293. The zero-order valence-corrected chi connectivity index (χ0v) is 14.5. The minimum atomic E-state index is -0.534. The minimum Gasteiger partial charge on any atom is -0.361 e. The Bertz CT molecular complexity index is 1330. The summed E-state index contributed by atoms with van der Waals surface area (Å²) >= 11 is 0. The molecule has 2 heterocycles. The van der Waals surface area contributed by atoms with Gasteiger partial charge in [-0.25, -0.2) is 0 Å². The first-order valence-corrected chi connectivity index (χ1v) is 8.42. The molecule has 5 N–H and O–H groups in total. The SMILES string of the molecule is O=C(CNC(=O)c1ccc2cc[nH]c2c1)Nc1cccc2c(=O)[nH][nH]c(=O)c12. The van der Waals surface area contributed by atoms with Crippen molar-refractivity contribution in [2.24, 2.45) is 0 Å². The largest absolute Gasteiger partial charge is 0.361 e. The fourth-order valence-electron chi connectivity index (χ4n) is 2.98. The van der Waals surface area contributed by atoms with E-state index in [0.29, 0.717) is 5.56 Å². The Kier molecular flexibility index (Phi) is 4.24. The van der Waals surface area contributed by atoms with E-state index in [4.69, 9.17) is 0 Å². The van der Waals surface area contributed by atoms with Crippen LogP contribution in [0.3, 0.4) is 0 Å². The Morgan fingerprint density at radius 2 is 1.79 bits per heavy atom. The van der Waals surface area contributed by atoms with Gasteiger partial charge in [-0.2, -0.15) is 0 Å². The number of aromatic nitrogens is 3. The van der Waals surface area contributed by atoms with Crippen molar-refractivity contribution in [3.05, 3.63) is 74.9 Å². The number of anilines is 1. The van der Waals surface area contributed by atoms with Gasteiger partial charge in [-0.3, -0.25) is 29.4 Å². The van der Waals surface area contributed by atoms with Gasteiger partial charge >= 0.3 is 0 Å². The monoisotopic (exact) mass is 377 g/mol. The Morgan fingerprint density at radius 1 is 0.964 bits per heavy atom. The van der Waals surface area contributed by atoms with Crippen LogP contribution in [0.5, 0.6) is 0 Å². The summed E-state index contributed by atoms with van der Waals surface area (Å²) in [7, 11) is 0. The van der Waals surface area contributed by atoms with Gasteiger partial charge in [-0.15, -0.1) is 0 Å². The third-order valence-corrected chi connectivity index (χ3v) is 4.33. The van der Waals surface area contributed by atoms with Crippen LogP contribution in [-0.2, 0) is 4.79 Å². The second kappa shape index (κ2) is 6.88. The summed E-state index contributed by atoms with van der Waals surface area (Å²) in [6, 6.07) is 11.6. The van der Waals surface area contributed by atoms with Crippen molar-refractivity contribution in [1.29, 1.82) is 0 Å². The first-order chi connectivity index (χ1) is 13.5. The summed E-state index contributed by atoms with van der Waals surface area (Å²) in [4.78, 5) is 51.4. The van der Waals surface area contributed by atoms with Crippen LogP contribution in [0, 0.1) is 0 Å². The molecule has 0 unspecified atom stereocenters. The molecular formula is C19H15N5O4. The topological polar surface area (TPSA) is 140 Å². The van der Waals surface area contributed by atoms with Crippen molar-refractivity contribution >= 4 is 39.2 Å². The first-order valence-electron chi connectivity index (χ1n) is 8.42. The minimum absolute atomic E-state index is 0.0723. The predicted octanol–water partition coefficient (Wildman–Crippen LogP) is 1.07. The molecule has 9 heteroatoms. The number of carbonyl (C=O) groups is 2. The number of hydrogen-bond acceptors (Lipinski definition) is 4. The number of carbonyl (C=O) groups excluding carboxylic acids is 2. The molecule has 0 spiro atoms. The Hall–Kier alpha value is -4.14. The zero-order valence-electron chi connectivity index (χ0n) is 14.5. The number of hydrogen-bond donors (Lipinski definition) is 5. The Labute approximate surface area is 156 Å². The first kappa shape index (κ1) is 17.3. The maximum atomic E-state index is 12.3. The number of fused-ring (bicyclic) bond motifs is 2. The molecule has 0 bridgehead atoms. The molecule has 0 aliphatic carbocycles. The molecule has 2 aromatic carbocycles. The van der Waals surface area contributed by atoms with Crippen LogP contribution >= 0.6 is 0 Å². The summed E-state index contributed by atoms with van der Waals surface area (Å²) < 4.78 is 0. The van der Waals surface area contributed by atoms with Crippen LogP contribution in [0.1, 0.15) is 10.4 Å². The lowest BCUT2D eigenvalue weighted by atomic mass is 10.1. The van der Waals surface area contributed by atoms with E-state index in [9.17, 15) is 19.2 Å². The van der Waals surface area contributed by atoms with Gasteiger partial charge < -0.3 is 15.6 Å². The molecule has 4 rings (SSSR count). The number of rotatable bonds is 4. The molecule has 0 saturated heterocycles. The summed E-state index contributed by atoms with van der Waals surface area (Å²) in [5, 5.41) is 10.7. The normalized spacial score (nSPS) is 10.9. The molecule has 0 fully saturated rings. The number of nitrogens with one attached hydrogen (secondary N) is 5. The van der Waals surface area contributed by atoms with E-state index in [2.05, 4.69) is 25.8 Å². The molecule has 0 atom stereocenters. The van der Waals surface area contributed by atoms with E-state index in [1.165, 1.54) is 12.1 Å². The molecular weight excluding hydrogens is 362 g/mol. The quantitative estimate of drug-likeness (QED) is 0.363. The molecule has 140 valence electrons. The van der Waals surface area contributed by atoms with E-state index in [-0.39, 0.29) is 23.0 Å². The predicted molar refractivity (Wildman–Crippen MR) is 104 cm³/mol. The zero-order chi connectivity index (χ0) is 19.7. The van der Waals surface area contributed by atoms with Gasteiger partial charge in [-0.05, 0) is 35.7 Å². The highest BCUT2D eigenvalue weighted by molar-refractivity contribution is 6.04.